The lowest BCUT2D eigenvalue weighted by atomic mass is 10.4. The summed E-state index contributed by atoms with van der Waals surface area (Å²) in [4.78, 5) is 4.16. The summed E-state index contributed by atoms with van der Waals surface area (Å²) in [7, 11) is 1.63. The van der Waals surface area contributed by atoms with E-state index in [0.717, 1.165) is 24.5 Å². The fourth-order valence-electron chi connectivity index (χ4n) is 0.984. The molecule has 0 saturated carbocycles. The minimum absolute atomic E-state index is 0.767. The molecule has 0 radical (unpaired) electrons. The molecule has 1 aromatic heterocycles. The zero-order valence-corrected chi connectivity index (χ0v) is 8.50. The molecule has 1 N–H and O–H groups in total. The normalized spacial score (nSPS) is 8.71. The van der Waals surface area contributed by atoms with E-state index in [1.165, 1.54) is 0 Å². The molecule has 3 nitrogen and oxygen atoms in total. The molecule has 0 aliphatic heterocycles. The van der Waals surface area contributed by atoms with Crippen LogP contribution in [0.15, 0.2) is 18.3 Å². The molecular weight excluding hydrogens is 176 g/mol. The molecule has 1 rings (SSSR count). The third-order valence-electron chi connectivity index (χ3n) is 1.70. The molecule has 0 fully saturated rings. The molecule has 14 heavy (non-hydrogen) atoms. The lowest BCUT2D eigenvalue weighted by Gasteiger charge is -2.03. The van der Waals surface area contributed by atoms with Crippen molar-refractivity contribution in [2.24, 2.45) is 0 Å². The first-order chi connectivity index (χ1) is 6.86. The van der Waals surface area contributed by atoms with E-state index in [2.05, 4.69) is 22.1 Å². The van der Waals surface area contributed by atoms with E-state index < -0.39 is 0 Å². The summed E-state index contributed by atoms with van der Waals surface area (Å²) in [5, 5.41) is 3.16. The Kier molecular flexibility index (Phi) is 4.36. The fourth-order valence-corrected chi connectivity index (χ4v) is 0.984. The molecule has 1 aromatic rings. The maximum absolute atomic E-state index is 5.00. The molecule has 3 heteroatoms. The predicted molar refractivity (Wildman–Crippen MR) is 57.3 cm³/mol. The van der Waals surface area contributed by atoms with Crippen LogP contribution in [0.2, 0.25) is 0 Å². The summed E-state index contributed by atoms with van der Waals surface area (Å²) in [6.45, 7) is 2.66. The lowest BCUT2D eigenvalue weighted by molar-refractivity contribution is 0.413. The minimum atomic E-state index is 0.767. The highest BCUT2D eigenvalue weighted by Crippen LogP contribution is 2.10. The second-order valence-electron chi connectivity index (χ2n) is 2.69. The van der Waals surface area contributed by atoms with Gasteiger partial charge < -0.3 is 10.1 Å². The summed E-state index contributed by atoms with van der Waals surface area (Å²) in [5.41, 5.74) is 0. The first-order valence-electron chi connectivity index (χ1n) is 4.50. The Morgan fingerprint density at radius 3 is 2.93 bits per heavy atom. The van der Waals surface area contributed by atoms with Gasteiger partial charge in [0.25, 0.3) is 0 Å². The van der Waals surface area contributed by atoms with Gasteiger partial charge in [0, 0.05) is 13.0 Å². The third kappa shape index (κ3) is 3.36. The summed E-state index contributed by atoms with van der Waals surface area (Å²) in [5.74, 6) is 7.44. The van der Waals surface area contributed by atoms with Crippen LogP contribution in [0.25, 0.3) is 0 Å². The van der Waals surface area contributed by atoms with Crippen LogP contribution >= 0.6 is 0 Å². The van der Waals surface area contributed by atoms with Gasteiger partial charge in [-0.15, -0.1) is 11.8 Å². The number of ether oxygens (including phenoxy) is 1. The van der Waals surface area contributed by atoms with Gasteiger partial charge in [0.05, 0.1) is 13.3 Å². The van der Waals surface area contributed by atoms with Gasteiger partial charge in [0.2, 0.25) is 0 Å². The fraction of sp³-hybridized carbons (Fsp3) is 0.364. The van der Waals surface area contributed by atoms with E-state index in [-0.39, 0.29) is 0 Å². The van der Waals surface area contributed by atoms with Crippen LogP contribution in [0, 0.1) is 11.8 Å². The molecule has 0 spiro atoms. The lowest BCUT2D eigenvalue weighted by Crippen LogP contribution is -2.01. The Labute approximate surface area is 84.5 Å². The standard InChI is InChI=1S/C11H14N2O/c1-3-4-5-8-12-11-7-6-10(14-2)9-13-11/h6-7,9H,5,8H2,1-2H3,(H,12,13). The highest BCUT2D eigenvalue weighted by Gasteiger charge is 1.93. The molecule has 0 amide bonds. The Bertz CT molecular complexity index is 321. The van der Waals surface area contributed by atoms with Crippen molar-refractivity contribution < 1.29 is 4.74 Å². The van der Waals surface area contributed by atoms with Gasteiger partial charge in [-0.25, -0.2) is 4.98 Å². The topological polar surface area (TPSA) is 34.1 Å². The predicted octanol–water partition coefficient (Wildman–Crippen LogP) is 1.92. The van der Waals surface area contributed by atoms with Gasteiger partial charge in [0.15, 0.2) is 0 Å². The van der Waals surface area contributed by atoms with Crippen molar-refractivity contribution >= 4 is 5.82 Å². The molecule has 0 atom stereocenters. The van der Waals surface area contributed by atoms with Crippen molar-refractivity contribution in [3.8, 4) is 17.6 Å². The first-order valence-corrected chi connectivity index (χ1v) is 4.50. The van der Waals surface area contributed by atoms with Gasteiger partial charge in [-0.3, -0.25) is 0 Å². The van der Waals surface area contributed by atoms with Crippen LogP contribution in [0.4, 0.5) is 5.82 Å². The second-order valence-corrected chi connectivity index (χ2v) is 2.69. The second kappa shape index (κ2) is 5.87. The zero-order chi connectivity index (χ0) is 10.2. The van der Waals surface area contributed by atoms with Crippen LogP contribution in [0.3, 0.4) is 0 Å². The molecule has 0 bridgehead atoms. The number of methoxy groups -OCH3 is 1. The van der Waals surface area contributed by atoms with Crippen LogP contribution in [0.5, 0.6) is 5.75 Å². The van der Waals surface area contributed by atoms with E-state index in [4.69, 9.17) is 4.74 Å². The SMILES string of the molecule is CC#CCCNc1ccc(OC)cn1. The Hall–Kier alpha value is -1.69. The number of nitrogens with zero attached hydrogens (tertiary/aromatic N) is 1. The summed E-state index contributed by atoms with van der Waals surface area (Å²) in [6.07, 6.45) is 2.53. The Morgan fingerprint density at radius 2 is 2.36 bits per heavy atom. The number of rotatable bonds is 4. The quantitative estimate of drug-likeness (QED) is 0.581. The van der Waals surface area contributed by atoms with Crippen LogP contribution in [-0.4, -0.2) is 18.6 Å². The Morgan fingerprint density at radius 1 is 1.50 bits per heavy atom. The summed E-state index contributed by atoms with van der Waals surface area (Å²) in [6, 6.07) is 3.76. The molecular formula is C11H14N2O. The summed E-state index contributed by atoms with van der Waals surface area (Å²) >= 11 is 0. The van der Waals surface area contributed by atoms with Crippen molar-refractivity contribution in [1.29, 1.82) is 0 Å². The third-order valence-corrected chi connectivity index (χ3v) is 1.70. The number of nitrogens with one attached hydrogen (secondary N) is 1. The van der Waals surface area contributed by atoms with Crippen LogP contribution in [-0.2, 0) is 0 Å². The molecule has 74 valence electrons. The average molecular weight is 190 g/mol. The molecule has 0 aromatic carbocycles. The van der Waals surface area contributed by atoms with E-state index in [0.29, 0.717) is 0 Å². The maximum atomic E-state index is 5.00. The van der Waals surface area contributed by atoms with E-state index in [9.17, 15) is 0 Å². The molecule has 0 saturated heterocycles. The summed E-state index contributed by atoms with van der Waals surface area (Å²) < 4.78 is 5.00. The van der Waals surface area contributed by atoms with E-state index in [1.54, 1.807) is 13.3 Å². The van der Waals surface area contributed by atoms with Crippen molar-refractivity contribution in [3.05, 3.63) is 18.3 Å². The number of aromatic nitrogens is 1. The van der Waals surface area contributed by atoms with Crippen molar-refractivity contribution in [1.82, 2.24) is 4.98 Å². The van der Waals surface area contributed by atoms with Crippen molar-refractivity contribution in [2.75, 3.05) is 19.0 Å². The van der Waals surface area contributed by atoms with Gasteiger partial charge in [0.1, 0.15) is 11.6 Å². The smallest absolute Gasteiger partial charge is 0.137 e. The minimum Gasteiger partial charge on any atom is -0.495 e. The number of pyridine rings is 1. The largest absolute Gasteiger partial charge is 0.495 e. The van der Waals surface area contributed by atoms with E-state index >= 15 is 0 Å². The van der Waals surface area contributed by atoms with Gasteiger partial charge in [-0.2, -0.15) is 0 Å². The molecule has 0 unspecified atom stereocenters. The van der Waals surface area contributed by atoms with Gasteiger partial charge in [-0.05, 0) is 19.1 Å². The van der Waals surface area contributed by atoms with E-state index in [1.807, 2.05) is 19.1 Å². The molecule has 1 heterocycles. The maximum Gasteiger partial charge on any atom is 0.137 e. The van der Waals surface area contributed by atoms with Crippen LogP contribution in [0.1, 0.15) is 13.3 Å². The Balaban J connectivity index is 2.38. The molecule has 0 aliphatic rings. The number of hydrogen-bond donors (Lipinski definition) is 1. The van der Waals surface area contributed by atoms with Crippen LogP contribution < -0.4 is 10.1 Å². The number of anilines is 1. The molecule has 0 aliphatic carbocycles. The van der Waals surface area contributed by atoms with Gasteiger partial charge >= 0.3 is 0 Å². The van der Waals surface area contributed by atoms with Crippen molar-refractivity contribution in [2.45, 2.75) is 13.3 Å². The monoisotopic (exact) mass is 190 g/mol. The highest BCUT2D eigenvalue weighted by molar-refractivity contribution is 5.37. The van der Waals surface area contributed by atoms with Crippen molar-refractivity contribution in [3.63, 3.8) is 0 Å². The zero-order valence-electron chi connectivity index (χ0n) is 8.50. The first kappa shape index (κ1) is 10.4. The van der Waals surface area contributed by atoms with Gasteiger partial charge in [-0.1, -0.05) is 0 Å². The number of hydrogen-bond acceptors (Lipinski definition) is 3. The highest BCUT2D eigenvalue weighted by atomic mass is 16.5. The average Bonchev–Trinajstić information content (AvgIpc) is 2.25.